The van der Waals surface area contributed by atoms with E-state index in [-0.39, 0.29) is 0 Å². The van der Waals surface area contributed by atoms with E-state index in [9.17, 15) is 5.11 Å². The number of aromatic nitrogens is 1. The Balaban J connectivity index is 1.36. The van der Waals surface area contributed by atoms with Crippen molar-refractivity contribution in [3.05, 3.63) is 51.5 Å². The van der Waals surface area contributed by atoms with Crippen molar-refractivity contribution in [3.8, 4) is 0 Å². The molecule has 2 aliphatic heterocycles. The molecule has 1 saturated heterocycles. The van der Waals surface area contributed by atoms with Gasteiger partial charge in [0.1, 0.15) is 10.6 Å². The molecule has 4 rings (SSSR count). The van der Waals surface area contributed by atoms with Crippen molar-refractivity contribution < 1.29 is 5.11 Å². The van der Waals surface area contributed by atoms with E-state index in [1.807, 2.05) is 0 Å². The zero-order chi connectivity index (χ0) is 18.9. The molecule has 4 nitrogen and oxygen atoms in total. The van der Waals surface area contributed by atoms with Crippen molar-refractivity contribution in [2.75, 3.05) is 26.2 Å². The summed E-state index contributed by atoms with van der Waals surface area (Å²) in [6.45, 7) is 10.5. The monoisotopic (exact) mass is 385 g/mol. The fraction of sp³-hybridized carbons (Fsp3) is 0.591. The van der Waals surface area contributed by atoms with Crippen molar-refractivity contribution in [2.45, 2.75) is 51.8 Å². The smallest absolute Gasteiger partial charge is 0.110 e. The Labute approximate surface area is 166 Å². The minimum Gasteiger partial charge on any atom is -0.383 e. The molecule has 146 valence electrons. The molecule has 1 fully saturated rings. The predicted octanol–water partition coefficient (Wildman–Crippen LogP) is 3.64. The number of nitrogens with zero attached hydrogens (tertiary/aromatic N) is 3. The average Bonchev–Trinajstić information content (AvgIpc) is 3.13. The lowest BCUT2D eigenvalue weighted by Crippen LogP contribution is -2.44. The molecule has 27 heavy (non-hydrogen) atoms. The molecule has 2 aromatic rings. The molecule has 0 radical (unpaired) electrons. The first-order chi connectivity index (χ1) is 13.0. The van der Waals surface area contributed by atoms with Gasteiger partial charge < -0.3 is 10.0 Å². The van der Waals surface area contributed by atoms with Crippen molar-refractivity contribution in [2.24, 2.45) is 5.92 Å². The molecule has 1 aromatic heterocycles. The SMILES string of the molecule is CC(C)CN1CCC(O)(c2csc(CN3CCc4ccccc4C3)n2)CC1. The molecular weight excluding hydrogens is 354 g/mol. The molecular formula is C22H31N3OS. The van der Waals surface area contributed by atoms with Crippen LogP contribution in [0.3, 0.4) is 0 Å². The molecule has 0 aliphatic carbocycles. The molecule has 0 amide bonds. The Morgan fingerprint density at radius 2 is 1.85 bits per heavy atom. The fourth-order valence-electron chi connectivity index (χ4n) is 4.36. The highest BCUT2D eigenvalue weighted by Crippen LogP contribution is 2.34. The summed E-state index contributed by atoms with van der Waals surface area (Å²) >= 11 is 1.70. The number of hydrogen-bond donors (Lipinski definition) is 1. The number of hydrogen-bond acceptors (Lipinski definition) is 5. The predicted molar refractivity (Wildman–Crippen MR) is 111 cm³/mol. The van der Waals surface area contributed by atoms with Gasteiger partial charge in [0.05, 0.1) is 12.2 Å². The molecule has 2 aliphatic rings. The molecule has 0 atom stereocenters. The van der Waals surface area contributed by atoms with Crippen molar-refractivity contribution in [1.29, 1.82) is 0 Å². The van der Waals surface area contributed by atoms with Crippen LogP contribution in [0.25, 0.3) is 0 Å². The van der Waals surface area contributed by atoms with Crippen LogP contribution in [0.15, 0.2) is 29.6 Å². The minimum absolute atomic E-state index is 0.678. The highest BCUT2D eigenvalue weighted by Gasteiger charge is 2.36. The average molecular weight is 386 g/mol. The third-order valence-corrected chi connectivity index (χ3v) is 6.74. The van der Waals surface area contributed by atoms with E-state index in [0.29, 0.717) is 5.92 Å². The Hall–Kier alpha value is -1.27. The molecule has 1 aromatic carbocycles. The molecule has 0 spiro atoms. The van der Waals surface area contributed by atoms with Gasteiger partial charge in [-0.1, -0.05) is 38.1 Å². The highest BCUT2D eigenvalue weighted by molar-refractivity contribution is 7.09. The molecule has 1 N–H and O–H groups in total. The van der Waals surface area contributed by atoms with Crippen LogP contribution in [0.5, 0.6) is 0 Å². The van der Waals surface area contributed by atoms with Crippen molar-refractivity contribution in [3.63, 3.8) is 0 Å². The first kappa shape index (κ1) is 19.1. The maximum Gasteiger partial charge on any atom is 0.110 e. The van der Waals surface area contributed by atoms with Crippen LogP contribution in [-0.4, -0.2) is 46.1 Å². The number of benzene rings is 1. The lowest BCUT2D eigenvalue weighted by atomic mass is 9.88. The Morgan fingerprint density at radius 1 is 1.11 bits per heavy atom. The minimum atomic E-state index is -0.739. The number of rotatable bonds is 5. The first-order valence-corrected chi connectivity index (χ1v) is 11.1. The Bertz CT molecular complexity index is 764. The van der Waals surface area contributed by atoms with Gasteiger partial charge in [0.15, 0.2) is 0 Å². The van der Waals surface area contributed by atoms with Crippen molar-refractivity contribution >= 4 is 11.3 Å². The Morgan fingerprint density at radius 3 is 2.59 bits per heavy atom. The van der Waals surface area contributed by atoms with E-state index in [0.717, 1.165) is 69.2 Å². The molecule has 5 heteroatoms. The number of aliphatic hydroxyl groups is 1. The third-order valence-electron chi connectivity index (χ3n) is 5.90. The summed E-state index contributed by atoms with van der Waals surface area (Å²) in [5.41, 5.74) is 3.08. The van der Waals surface area contributed by atoms with Gasteiger partial charge in [0, 0.05) is 38.1 Å². The van der Waals surface area contributed by atoms with E-state index in [1.165, 1.54) is 11.1 Å². The lowest BCUT2D eigenvalue weighted by Gasteiger charge is -2.38. The maximum absolute atomic E-state index is 11.1. The zero-order valence-electron chi connectivity index (χ0n) is 16.5. The quantitative estimate of drug-likeness (QED) is 0.853. The van der Waals surface area contributed by atoms with Gasteiger partial charge in [-0.05, 0) is 36.3 Å². The van der Waals surface area contributed by atoms with Gasteiger partial charge in [-0.15, -0.1) is 11.3 Å². The third kappa shape index (κ3) is 4.43. The number of piperidine rings is 1. The maximum atomic E-state index is 11.1. The number of fused-ring (bicyclic) bond motifs is 1. The van der Waals surface area contributed by atoms with E-state index in [4.69, 9.17) is 4.98 Å². The summed E-state index contributed by atoms with van der Waals surface area (Å²) in [6.07, 6.45) is 2.70. The molecule has 0 bridgehead atoms. The molecule has 0 saturated carbocycles. The van der Waals surface area contributed by atoms with Gasteiger partial charge >= 0.3 is 0 Å². The zero-order valence-corrected chi connectivity index (χ0v) is 17.3. The van der Waals surface area contributed by atoms with Gasteiger partial charge in [-0.3, -0.25) is 4.90 Å². The summed E-state index contributed by atoms with van der Waals surface area (Å²) in [5, 5.41) is 14.4. The Kier molecular flexibility index (Phi) is 5.65. The van der Waals surface area contributed by atoms with E-state index in [1.54, 1.807) is 11.3 Å². The molecule has 3 heterocycles. The standard InChI is InChI=1S/C22H31N3OS/c1-17(2)13-24-11-8-22(26,9-12-24)20-16-27-21(23-20)15-25-10-7-18-5-3-4-6-19(18)14-25/h3-6,16-17,26H,7-15H2,1-2H3. The highest BCUT2D eigenvalue weighted by atomic mass is 32.1. The summed E-state index contributed by atoms with van der Waals surface area (Å²) in [4.78, 5) is 9.79. The largest absolute Gasteiger partial charge is 0.383 e. The van der Waals surface area contributed by atoms with E-state index in [2.05, 4.69) is 53.3 Å². The fourth-order valence-corrected chi connectivity index (χ4v) is 5.28. The van der Waals surface area contributed by atoms with E-state index < -0.39 is 5.60 Å². The van der Waals surface area contributed by atoms with Crippen LogP contribution in [0, 0.1) is 5.92 Å². The lowest BCUT2D eigenvalue weighted by molar-refractivity contribution is -0.0310. The van der Waals surface area contributed by atoms with Crippen LogP contribution >= 0.6 is 11.3 Å². The van der Waals surface area contributed by atoms with Gasteiger partial charge in [-0.2, -0.15) is 0 Å². The van der Waals surface area contributed by atoms with E-state index >= 15 is 0 Å². The second-order valence-electron chi connectivity index (χ2n) is 8.58. The van der Waals surface area contributed by atoms with Crippen LogP contribution < -0.4 is 0 Å². The summed E-state index contributed by atoms with van der Waals surface area (Å²) in [5.74, 6) is 0.678. The van der Waals surface area contributed by atoms with Gasteiger partial charge in [-0.25, -0.2) is 4.98 Å². The van der Waals surface area contributed by atoms with Gasteiger partial charge in [0.2, 0.25) is 0 Å². The number of thiazole rings is 1. The van der Waals surface area contributed by atoms with Crippen LogP contribution in [0.4, 0.5) is 0 Å². The second kappa shape index (κ2) is 8.00. The summed E-state index contributed by atoms with van der Waals surface area (Å²) in [6, 6.07) is 8.75. The van der Waals surface area contributed by atoms with Crippen LogP contribution in [0.1, 0.15) is 48.5 Å². The van der Waals surface area contributed by atoms with Crippen LogP contribution in [-0.2, 0) is 25.1 Å². The molecule has 0 unspecified atom stereocenters. The normalized spacial score (nSPS) is 20.7. The van der Waals surface area contributed by atoms with Gasteiger partial charge in [0.25, 0.3) is 0 Å². The summed E-state index contributed by atoms with van der Waals surface area (Å²) in [7, 11) is 0. The van der Waals surface area contributed by atoms with Crippen molar-refractivity contribution in [1.82, 2.24) is 14.8 Å². The first-order valence-electron chi connectivity index (χ1n) is 10.2. The van der Waals surface area contributed by atoms with Crippen LogP contribution in [0.2, 0.25) is 0 Å². The topological polar surface area (TPSA) is 39.6 Å². The summed E-state index contributed by atoms with van der Waals surface area (Å²) < 4.78 is 0. The second-order valence-corrected chi connectivity index (χ2v) is 9.52. The number of likely N-dealkylation sites (tertiary alicyclic amines) is 1.